The zero-order valence-electron chi connectivity index (χ0n) is 4.46. The highest BCUT2D eigenvalue weighted by Crippen LogP contribution is 1.72. The predicted molar refractivity (Wildman–Crippen MR) is 31.0 cm³/mol. The number of aliphatic hydroxyl groups excluding tert-OH is 1. The Kier molecular flexibility index (Phi) is 5.00. The molecular formula is C6H10O. The van der Waals surface area contributed by atoms with Crippen molar-refractivity contribution in [3.05, 3.63) is 24.3 Å². The molecule has 0 bridgehead atoms. The fourth-order valence-corrected chi connectivity index (χ4v) is 0.251. The molecule has 0 heterocycles. The Morgan fingerprint density at radius 1 is 1.43 bits per heavy atom. The van der Waals surface area contributed by atoms with Crippen molar-refractivity contribution in [2.45, 2.75) is 6.92 Å². The van der Waals surface area contributed by atoms with E-state index in [1.54, 1.807) is 12.2 Å². The lowest BCUT2D eigenvalue weighted by Crippen LogP contribution is -1.66. The summed E-state index contributed by atoms with van der Waals surface area (Å²) in [6.45, 7) is 2.06. The Labute approximate surface area is 44.0 Å². The lowest BCUT2D eigenvalue weighted by atomic mass is 10.4. The van der Waals surface area contributed by atoms with Gasteiger partial charge in [-0.3, -0.25) is 0 Å². The number of rotatable bonds is 2. The second-order valence-electron chi connectivity index (χ2n) is 1.14. The number of allylic oxidation sites excluding steroid dienone is 3. The topological polar surface area (TPSA) is 20.2 Å². The molecule has 1 N–H and O–H groups in total. The second kappa shape index (κ2) is 5.44. The van der Waals surface area contributed by atoms with Gasteiger partial charge in [-0.2, -0.15) is 0 Å². The van der Waals surface area contributed by atoms with Crippen LogP contribution in [0.15, 0.2) is 24.3 Å². The summed E-state index contributed by atoms with van der Waals surface area (Å²) in [5.74, 6) is 0. The van der Waals surface area contributed by atoms with Crippen molar-refractivity contribution in [3.63, 3.8) is 0 Å². The first-order valence-corrected chi connectivity index (χ1v) is 2.30. The van der Waals surface area contributed by atoms with Crippen molar-refractivity contribution in [1.82, 2.24) is 0 Å². The molecule has 0 saturated carbocycles. The van der Waals surface area contributed by atoms with Crippen LogP contribution in [0.4, 0.5) is 0 Å². The maximum Gasteiger partial charge on any atom is 0.0615 e. The smallest absolute Gasteiger partial charge is 0.0615 e. The van der Waals surface area contributed by atoms with Crippen LogP contribution in [0.5, 0.6) is 0 Å². The SMILES string of the molecule is CC=C/C=C/CO. The zero-order chi connectivity index (χ0) is 5.54. The largest absolute Gasteiger partial charge is 0.392 e. The number of hydrogen-bond acceptors (Lipinski definition) is 1. The van der Waals surface area contributed by atoms with Crippen molar-refractivity contribution in [3.8, 4) is 0 Å². The first-order chi connectivity index (χ1) is 3.41. The summed E-state index contributed by atoms with van der Waals surface area (Å²) in [5, 5.41) is 8.17. The van der Waals surface area contributed by atoms with Gasteiger partial charge in [0.15, 0.2) is 0 Å². The fourth-order valence-electron chi connectivity index (χ4n) is 0.251. The highest BCUT2D eigenvalue weighted by Gasteiger charge is 1.58. The van der Waals surface area contributed by atoms with Crippen molar-refractivity contribution >= 4 is 0 Å². The van der Waals surface area contributed by atoms with E-state index in [1.165, 1.54) is 0 Å². The van der Waals surface area contributed by atoms with Crippen LogP contribution in [0.3, 0.4) is 0 Å². The van der Waals surface area contributed by atoms with Crippen molar-refractivity contribution in [2.24, 2.45) is 0 Å². The van der Waals surface area contributed by atoms with Gasteiger partial charge in [0.2, 0.25) is 0 Å². The van der Waals surface area contributed by atoms with E-state index in [0.717, 1.165) is 0 Å². The second-order valence-corrected chi connectivity index (χ2v) is 1.14. The summed E-state index contributed by atoms with van der Waals surface area (Å²) in [5.41, 5.74) is 0. The van der Waals surface area contributed by atoms with Crippen molar-refractivity contribution in [2.75, 3.05) is 6.61 Å². The Bertz CT molecular complexity index is 72.2. The standard InChI is InChI=1S/C6H10O/c1-2-3-4-5-6-7/h2-5,7H,6H2,1H3/b3-2?,5-4+. The molecule has 0 aromatic carbocycles. The average molecular weight is 98.1 g/mol. The van der Waals surface area contributed by atoms with Gasteiger partial charge < -0.3 is 5.11 Å². The summed E-state index contributed by atoms with van der Waals surface area (Å²) >= 11 is 0. The Morgan fingerprint density at radius 2 is 2.14 bits per heavy atom. The Morgan fingerprint density at radius 3 is 2.57 bits per heavy atom. The third-order valence-electron chi connectivity index (χ3n) is 0.545. The highest BCUT2D eigenvalue weighted by molar-refractivity contribution is 5.00. The lowest BCUT2D eigenvalue weighted by molar-refractivity contribution is 0.343. The molecule has 0 aliphatic heterocycles. The van der Waals surface area contributed by atoms with Gasteiger partial charge in [0.25, 0.3) is 0 Å². The van der Waals surface area contributed by atoms with Gasteiger partial charge in [-0.25, -0.2) is 0 Å². The van der Waals surface area contributed by atoms with Crippen LogP contribution in [0.25, 0.3) is 0 Å². The van der Waals surface area contributed by atoms with E-state index >= 15 is 0 Å². The van der Waals surface area contributed by atoms with Gasteiger partial charge in [-0.05, 0) is 6.92 Å². The maximum atomic E-state index is 8.17. The molecular weight excluding hydrogens is 88.1 g/mol. The molecule has 0 unspecified atom stereocenters. The molecule has 40 valence electrons. The van der Waals surface area contributed by atoms with E-state index in [0.29, 0.717) is 0 Å². The normalized spacial score (nSPS) is 11.7. The van der Waals surface area contributed by atoms with E-state index in [1.807, 2.05) is 19.1 Å². The van der Waals surface area contributed by atoms with Crippen LogP contribution in [0.1, 0.15) is 6.92 Å². The molecule has 0 fully saturated rings. The summed E-state index contributed by atoms with van der Waals surface area (Å²) in [6.07, 6.45) is 7.27. The molecule has 0 amide bonds. The lowest BCUT2D eigenvalue weighted by Gasteiger charge is -1.70. The minimum atomic E-state index is 0.129. The Hall–Kier alpha value is -0.560. The van der Waals surface area contributed by atoms with E-state index < -0.39 is 0 Å². The molecule has 0 saturated heterocycles. The fraction of sp³-hybridized carbons (Fsp3) is 0.333. The van der Waals surface area contributed by atoms with Crippen LogP contribution < -0.4 is 0 Å². The van der Waals surface area contributed by atoms with Gasteiger partial charge in [0.05, 0.1) is 6.61 Å². The highest BCUT2D eigenvalue weighted by atomic mass is 16.2. The minimum Gasteiger partial charge on any atom is -0.392 e. The molecule has 0 radical (unpaired) electrons. The molecule has 0 aromatic rings. The third-order valence-corrected chi connectivity index (χ3v) is 0.545. The monoisotopic (exact) mass is 98.1 g/mol. The maximum absolute atomic E-state index is 8.17. The predicted octanol–water partition coefficient (Wildman–Crippen LogP) is 1.11. The molecule has 0 rings (SSSR count). The quantitative estimate of drug-likeness (QED) is 0.513. The van der Waals surface area contributed by atoms with Gasteiger partial charge in [-0.15, -0.1) is 0 Å². The van der Waals surface area contributed by atoms with Crippen LogP contribution in [0.2, 0.25) is 0 Å². The molecule has 0 spiro atoms. The van der Waals surface area contributed by atoms with Gasteiger partial charge in [0, 0.05) is 0 Å². The first kappa shape index (κ1) is 6.44. The molecule has 0 aliphatic rings. The minimum absolute atomic E-state index is 0.129. The Balaban J connectivity index is 3.09. The van der Waals surface area contributed by atoms with E-state index in [2.05, 4.69) is 0 Å². The third kappa shape index (κ3) is 5.44. The molecule has 1 heteroatoms. The van der Waals surface area contributed by atoms with Gasteiger partial charge in [-0.1, -0.05) is 24.3 Å². The molecule has 0 atom stereocenters. The summed E-state index contributed by atoms with van der Waals surface area (Å²) in [7, 11) is 0. The zero-order valence-corrected chi connectivity index (χ0v) is 4.46. The van der Waals surface area contributed by atoms with Crippen LogP contribution in [0, 0.1) is 0 Å². The van der Waals surface area contributed by atoms with Crippen molar-refractivity contribution < 1.29 is 5.11 Å². The average Bonchev–Trinajstić information content (AvgIpc) is 1.69. The van der Waals surface area contributed by atoms with Crippen molar-refractivity contribution in [1.29, 1.82) is 0 Å². The van der Waals surface area contributed by atoms with Crippen LogP contribution in [-0.4, -0.2) is 11.7 Å². The van der Waals surface area contributed by atoms with Crippen LogP contribution >= 0.6 is 0 Å². The number of aliphatic hydroxyl groups is 1. The van der Waals surface area contributed by atoms with Gasteiger partial charge >= 0.3 is 0 Å². The molecule has 1 nitrogen and oxygen atoms in total. The molecule has 7 heavy (non-hydrogen) atoms. The van der Waals surface area contributed by atoms with Crippen LogP contribution in [-0.2, 0) is 0 Å². The van der Waals surface area contributed by atoms with E-state index in [9.17, 15) is 0 Å². The first-order valence-electron chi connectivity index (χ1n) is 2.30. The molecule has 0 aliphatic carbocycles. The van der Waals surface area contributed by atoms with Gasteiger partial charge in [0.1, 0.15) is 0 Å². The summed E-state index contributed by atoms with van der Waals surface area (Å²) < 4.78 is 0. The van der Waals surface area contributed by atoms with E-state index in [-0.39, 0.29) is 6.61 Å². The summed E-state index contributed by atoms with van der Waals surface area (Å²) in [6, 6.07) is 0. The number of hydrogen-bond donors (Lipinski definition) is 1. The molecule has 0 aromatic heterocycles. The summed E-state index contributed by atoms with van der Waals surface area (Å²) in [4.78, 5) is 0. The van der Waals surface area contributed by atoms with E-state index in [4.69, 9.17) is 5.11 Å².